The van der Waals surface area contributed by atoms with Crippen LogP contribution in [0.4, 0.5) is 5.69 Å². The molecule has 1 aromatic rings. The van der Waals surface area contributed by atoms with Gasteiger partial charge in [0.1, 0.15) is 11.3 Å². The number of esters is 1. The maximum Gasteiger partial charge on any atom is 0.343 e. The largest absolute Gasteiger partial charge is 0.511 e. The minimum absolute atomic E-state index is 0.0558. The number of aliphatic hydroxyl groups is 1. The van der Waals surface area contributed by atoms with Crippen molar-refractivity contribution >= 4 is 29.5 Å². The van der Waals surface area contributed by atoms with Crippen LogP contribution >= 0.6 is 11.6 Å². The van der Waals surface area contributed by atoms with Crippen LogP contribution in [0.2, 0.25) is 5.02 Å². The van der Waals surface area contributed by atoms with E-state index in [-0.39, 0.29) is 23.9 Å². The van der Waals surface area contributed by atoms with Gasteiger partial charge in [-0.3, -0.25) is 4.99 Å². The average molecular weight is 294 g/mol. The first-order chi connectivity index (χ1) is 9.61. The van der Waals surface area contributed by atoms with Crippen LogP contribution < -0.4 is 0 Å². The predicted octanol–water partition coefficient (Wildman–Crippen LogP) is 3.83. The molecule has 0 heterocycles. The Morgan fingerprint density at radius 1 is 1.55 bits per heavy atom. The number of ether oxygens (including phenoxy) is 1. The van der Waals surface area contributed by atoms with Gasteiger partial charge in [0.2, 0.25) is 0 Å². The fourth-order valence-corrected chi connectivity index (χ4v) is 1.89. The summed E-state index contributed by atoms with van der Waals surface area (Å²) in [7, 11) is 0. The number of nitrogens with zero attached hydrogens (tertiary/aromatic N) is 1. The zero-order valence-electron chi connectivity index (χ0n) is 11.2. The Kier molecular flexibility index (Phi) is 4.79. The molecule has 0 radical (unpaired) electrons. The predicted molar refractivity (Wildman–Crippen MR) is 78.6 cm³/mol. The van der Waals surface area contributed by atoms with Gasteiger partial charge >= 0.3 is 5.97 Å². The van der Waals surface area contributed by atoms with Gasteiger partial charge in [-0.05, 0) is 38.0 Å². The molecule has 1 aliphatic rings. The van der Waals surface area contributed by atoms with Crippen LogP contribution in [-0.2, 0) is 9.53 Å². The molecule has 0 aromatic heterocycles. The number of rotatable bonds is 5. The summed E-state index contributed by atoms with van der Waals surface area (Å²) in [6.45, 7) is 1.98. The van der Waals surface area contributed by atoms with Crippen molar-refractivity contribution < 1.29 is 14.6 Å². The molecule has 2 rings (SSSR count). The lowest BCUT2D eigenvalue weighted by Gasteiger charge is -2.05. The van der Waals surface area contributed by atoms with Crippen LogP contribution in [0.15, 0.2) is 40.6 Å². The van der Waals surface area contributed by atoms with Gasteiger partial charge in [0.15, 0.2) is 0 Å². The Morgan fingerprint density at radius 3 is 2.90 bits per heavy atom. The Balaban J connectivity index is 2.24. The number of halogens is 1. The topological polar surface area (TPSA) is 58.9 Å². The molecular formula is C15H16ClNO3. The smallest absolute Gasteiger partial charge is 0.343 e. The highest BCUT2D eigenvalue weighted by atomic mass is 35.5. The quantitative estimate of drug-likeness (QED) is 0.388. The number of carbonyl (C=O) groups is 1. The molecule has 0 aliphatic heterocycles. The van der Waals surface area contributed by atoms with Crippen molar-refractivity contribution in [2.24, 2.45) is 10.9 Å². The zero-order chi connectivity index (χ0) is 14.5. The van der Waals surface area contributed by atoms with E-state index in [1.54, 1.807) is 31.2 Å². The van der Waals surface area contributed by atoms with E-state index in [0.717, 1.165) is 12.8 Å². The first kappa shape index (κ1) is 14.6. The van der Waals surface area contributed by atoms with Gasteiger partial charge in [-0.15, -0.1) is 0 Å². The minimum atomic E-state index is -0.553. The second-order valence-electron chi connectivity index (χ2n) is 4.53. The molecular weight excluding hydrogens is 278 g/mol. The molecule has 0 saturated heterocycles. The molecule has 1 N–H and O–H groups in total. The minimum Gasteiger partial charge on any atom is -0.511 e. The van der Waals surface area contributed by atoms with Gasteiger partial charge in [0.05, 0.1) is 12.3 Å². The normalized spacial score (nSPS) is 16.1. The second-order valence-corrected chi connectivity index (χ2v) is 4.97. The van der Waals surface area contributed by atoms with Crippen molar-refractivity contribution in [3.8, 4) is 0 Å². The molecule has 0 bridgehead atoms. The van der Waals surface area contributed by atoms with Gasteiger partial charge < -0.3 is 9.84 Å². The van der Waals surface area contributed by atoms with E-state index in [4.69, 9.17) is 16.3 Å². The van der Waals surface area contributed by atoms with Crippen LogP contribution in [0.3, 0.4) is 0 Å². The first-order valence-electron chi connectivity index (χ1n) is 6.51. The highest BCUT2D eigenvalue weighted by molar-refractivity contribution is 6.30. The van der Waals surface area contributed by atoms with Crippen LogP contribution in [0.5, 0.6) is 0 Å². The average Bonchev–Trinajstić information content (AvgIpc) is 3.23. The van der Waals surface area contributed by atoms with Crippen molar-refractivity contribution in [2.75, 3.05) is 6.61 Å². The maximum absolute atomic E-state index is 11.8. The van der Waals surface area contributed by atoms with Gasteiger partial charge in [-0.25, -0.2) is 4.79 Å². The van der Waals surface area contributed by atoms with E-state index in [1.165, 1.54) is 6.21 Å². The molecule has 0 unspecified atom stereocenters. The van der Waals surface area contributed by atoms with E-state index in [0.29, 0.717) is 10.7 Å². The molecule has 0 spiro atoms. The number of aliphatic hydroxyl groups excluding tert-OH is 1. The molecule has 4 nitrogen and oxygen atoms in total. The summed E-state index contributed by atoms with van der Waals surface area (Å²) in [5.41, 5.74) is 0.734. The highest BCUT2D eigenvalue weighted by Crippen LogP contribution is 2.36. The van der Waals surface area contributed by atoms with Gasteiger partial charge in [0, 0.05) is 17.2 Å². The molecule has 1 fully saturated rings. The number of hydrogen-bond donors (Lipinski definition) is 1. The molecule has 106 valence electrons. The molecule has 0 atom stereocenters. The SMILES string of the molecule is CCOC(=O)C(C=Nc1cccc(Cl)c1)=C(O)C1CC1. The summed E-state index contributed by atoms with van der Waals surface area (Å²) in [5.74, 6) is -0.433. The Hall–Kier alpha value is -1.81. The van der Waals surface area contributed by atoms with Crippen LogP contribution in [-0.4, -0.2) is 23.9 Å². The fraction of sp³-hybridized carbons (Fsp3) is 0.333. The highest BCUT2D eigenvalue weighted by Gasteiger charge is 2.30. The number of aliphatic imine (C=N–C) groups is 1. The molecule has 1 aromatic carbocycles. The standard InChI is InChI=1S/C15H16ClNO3/c1-2-20-15(19)13(14(18)10-6-7-10)9-17-12-5-3-4-11(16)8-12/h3-5,8-10,18H,2,6-7H2,1H3. The lowest BCUT2D eigenvalue weighted by molar-refractivity contribution is -0.138. The molecule has 20 heavy (non-hydrogen) atoms. The summed E-state index contributed by atoms with van der Waals surface area (Å²) in [4.78, 5) is 16.0. The summed E-state index contributed by atoms with van der Waals surface area (Å²) < 4.78 is 4.94. The van der Waals surface area contributed by atoms with Crippen molar-refractivity contribution in [1.82, 2.24) is 0 Å². The van der Waals surface area contributed by atoms with E-state index in [2.05, 4.69) is 4.99 Å². The summed E-state index contributed by atoms with van der Waals surface area (Å²) >= 11 is 5.87. The van der Waals surface area contributed by atoms with Gasteiger partial charge in [-0.1, -0.05) is 17.7 Å². The summed E-state index contributed by atoms with van der Waals surface area (Å²) in [6.07, 6.45) is 3.12. The van der Waals surface area contributed by atoms with Crippen molar-refractivity contribution in [3.05, 3.63) is 40.6 Å². The first-order valence-corrected chi connectivity index (χ1v) is 6.89. The number of carbonyl (C=O) groups excluding carboxylic acids is 1. The third-order valence-electron chi connectivity index (χ3n) is 2.89. The van der Waals surface area contributed by atoms with Crippen LogP contribution in [0.25, 0.3) is 0 Å². The van der Waals surface area contributed by atoms with Crippen molar-refractivity contribution in [2.45, 2.75) is 19.8 Å². The zero-order valence-corrected chi connectivity index (χ0v) is 11.9. The molecule has 5 heteroatoms. The fourth-order valence-electron chi connectivity index (χ4n) is 1.70. The lowest BCUT2D eigenvalue weighted by atomic mass is 10.2. The third kappa shape index (κ3) is 3.84. The number of allylic oxidation sites excluding steroid dienone is 1. The third-order valence-corrected chi connectivity index (χ3v) is 3.12. The van der Waals surface area contributed by atoms with Crippen molar-refractivity contribution in [3.63, 3.8) is 0 Å². The van der Waals surface area contributed by atoms with Gasteiger partial charge in [0.25, 0.3) is 0 Å². The summed E-state index contributed by atoms with van der Waals surface area (Å²) in [6, 6.07) is 6.95. The monoisotopic (exact) mass is 293 g/mol. The number of hydrogen-bond acceptors (Lipinski definition) is 4. The Morgan fingerprint density at radius 2 is 2.30 bits per heavy atom. The van der Waals surface area contributed by atoms with Gasteiger partial charge in [-0.2, -0.15) is 0 Å². The maximum atomic E-state index is 11.8. The Labute approximate surface area is 122 Å². The van der Waals surface area contributed by atoms with E-state index in [1.807, 2.05) is 0 Å². The molecule has 1 saturated carbocycles. The number of benzene rings is 1. The van der Waals surface area contributed by atoms with Crippen LogP contribution in [0, 0.1) is 5.92 Å². The second kappa shape index (κ2) is 6.57. The summed E-state index contributed by atoms with van der Waals surface area (Å²) in [5, 5.41) is 10.6. The van der Waals surface area contributed by atoms with E-state index < -0.39 is 5.97 Å². The lowest BCUT2D eigenvalue weighted by Crippen LogP contribution is -2.12. The molecule has 0 amide bonds. The van der Waals surface area contributed by atoms with Crippen molar-refractivity contribution in [1.29, 1.82) is 0 Å². The van der Waals surface area contributed by atoms with E-state index >= 15 is 0 Å². The van der Waals surface area contributed by atoms with Crippen LogP contribution in [0.1, 0.15) is 19.8 Å². The Bertz CT molecular complexity index is 562. The van der Waals surface area contributed by atoms with E-state index in [9.17, 15) is 9.90 Å². The molecule has 1 aliphatic carbocycles.